The van der Waals surface area contributed by atoms with E-state index in [0.717, 1.165) is 18.4 Å². The molecule has 1 aliphatic carbocycles. The van der Waals surface area contributed by atoms with Crippen LogP contribution in [0.25, 0.3) is 0 Å². The minimum atomic E-state index is -3.54. The fourth-order valence-corrected chi connectivity index (χ4v) is 4.07. The summed E-state index contributed by atoms with van der Waals surface area (Å²) >= 11 is 0. The highest BCUT2D eigenvalue weighted by Gasteiger charge is 2.32. The van der Waals surface area contributed by atoms with Gasteiger partial charge in [0.25, 0.3) is 0 Å². The quantitative estimate of drug-likeness (QED) is 0.888. The molecule has 1 saturated heterocycles. The van der Waals surface area contributed by atoms with Crippen molar-refractivity contribution in [3.63, 3.8) is 0 Å². The van der Waals surface area contributed by atoms with Crippen molar-refractivity contribution in [2.45, 2.75) is 37.4 Å². The SMILES string of the molecule is NS(=O)(=O)C1CCN(C(=O)Cc2ccc3c(c2)CCC3)C1. The molecule has 3 rings (SSSR count). The standard InChI is InChI=1S/C15H20N2O3S/c16-21(19,20)14-6-7-17(10-14)15(18)9-11-4-5-12-2-1-3-13(12)8-11/h4-5,8,14H,1-3,6-7,9-10H2,(H2,16,19,20). The Kier molecular flexibility index (Phi) is 3.75. The molecular formula is C15H20N2O3S. The average molecular weight is 308 g/mol. The molecule has 5 nitrogen and oxygen atoms in total. The largest absolute Gasteiger partial charge is 0.341 e. The first-order valence-corrected chi connectivity index (χ1v) is 8.94. The number of sulfonamides is 1. The van der Waals surface area contributed by atoms with Gasteiger partial charge in [0.05, 0.1) is 11.7 Å². The molecule has 1 fully saturated rings. The fraction of sp³-hybridized carbons (Fsp3) is 0.533. The molecule has 0 spiro atoms. The monoisotopic (exact) mass is 308 g/mol. The Bertz CT molecular complexity index is 669. The van der Waals surface area contributed by atoms with Crippen LogP contribution in [0.2, 0.25) is 0 Å². The summed E-state index contributed by atoms with van der Waals surface area (Å²) in [5.74, 6) is -0.0147. The molecule has 2 aliphatic rings. The predicted octanol–water partition coefficient (Wildman–Crippen LogP) is 0.607. The maximum absolute atomic E-state index is 12.3. The Morgan fingerprint density at radius 2 is 2.05 bits per heavy atom. The van der Waals surface area contributed by atoms with Gasteiger partial charge in [-0.25, -0.2) is 13.6 Å². The summed E-state index contributed by atoms with van der Waals surface area (Å²) in [5.41, 5.74) is 3.76. The van der Waals surface area contributed by atoms with Gasteiger partial charge in [-0.2, -0.15) is 0 Å². The lowest BCUT2D eigenvalue weighted by Gasteiger charge is -2.16. The first-order chi connectivity index (χ1) is 9.93. The Morgan fingerprint density at radius 1 is 1.29 bits per heavy atom. The first-order valence-electron chi connectivity index (χ1n) is 7.33. The highest BCUT2D eigenvalue weighted by Crippen LogP contribution is 2.23. The molecule has 1 unspecified atom stereocenters. The van der Waals surface area contributed by atoms with E-state index >= 15 is 0 Å². The van der Waals surface area contributed by atoms with Crippen LogP contribution in [-0.2, 0) is 34.1 Å². The Balaban J connectivity index is 1.65. The van der Waals surface area contributed by atoms with Crippen LogP contribution < -0.4 is 5.14 Å². The third kappa shape index (κ3) is 3.11. The minimum absolute atomic E-state index is 0.0147. The van der Waals surface area contributed by atoms with Gasteiger partial charge in [0, 0.05) is 13.1 Å². The highest BCUT2D eigenvalue weighted by molar-refractivity contribution is 7.89. The van der Waals surface area contributed by atoms with E-state index in [-0.39, 0.29) is 12.5 Å². The molecule has 114 valence electrons. The smallest absolute Gasteiger partial charge is 0.227 e. The van der Waals surface area contributed by atoms with Crippen LogP contribution >= 0.6 is 0 Å². The summed E-state index contributed by atoms with van der Waals surface area (Å²) in [6, 6.07) is 6.24. The highest BCUT2D eigenvalue weighted by atomic mass is 32.2. The second-order valence-corrected chi connectivity index (χ2v) is 7.82. The number of likely N-dealkylation sites (tertiary alicyclic amines) is 1. The number of carbonyl (C=O) groups excluding carboxylic acids is 1. The van der Waals surface area contributed by atoms with Crippen molar-refractivity contribution in [1.29, 1.82) is 0 Å². The van der Waals surface area contributed by atoms with Gasteiger partial charge in [0.1, 0.15) is 0 Å². The zero-order valence-electron chi connectivity index (χ0n) is 11.9. The van der Waals surface area contributed by atoms with E-state index in [4.69, 9.17) is 5.14 Å². The van der Waals surface area contributed by atoms with Crippen molar-refractivity contribution in [3.05, 3.63) is 34.9 Å². The lowest BCUT2D eigenvalue weighted by Crippen LogP contribution is -2.35. The minimum Gasteiger partial charge on any atom is -0.341 e. The summed E-state index contributed by atoms with van der Waals surface area (Å²) in [6.07, 6.45) is 4.19. The molecule has 1 aromatic rings. The van der Waals surface area contributed by atoms with Crippen LogP contribution in [0, 0.1) is 0 Å². The number of fused-ring (bicyclic) bond motifs is 1. The van der Waals surface area contributed by atoms with Gasteiger partial charge in [-0.15, -0.1) is 0 Å². The lowest BCUT2D eigenvalue weighted by atomic mass is 10.0. The maximum Gasteiger partial charge on any atom is 0.227 e. The zero-order valence-corrected chi connectivity index (χ0v) is 12.7. The molecule has 0 radical (unpaired) electrons. The van der Waals surface area contributed by atoms with Crippen molar-refractivity contribution in [2.75, 3.05) is 13.1 Å². The van der Waals surface area contributed by atoms with Gasteiger partial charge in [-0.3, -0.25) is 4.79 Å². The second-order valence-electron chi connectivity index (χ2n) is 5.97. The van der Waals surface area contributed by atoms with E-state index in [0.29, 0.717) is 19.4 Å². The molecule has 1 aliphatic heterocycles. The molecule has 2 N–H and O–H groups in total. The number of amides is 1. The van der Waals surface area contributed by atoms with Crippen molar-refractivity contribution < 1.29 is 13.2 Å². The number of nitrogens with two attached hydrogens (primary N) is 1. The Hall–Kier alpha value is -1.40. The Morgan fingerprint density at radius 3 is 2.76 bits per heavy atom. The lowest BCUT2D eigenvalue weighted by molar-refractivity contribution is -0.129. The summed E-state index contributed by atoms with van der Waals surface area (Å²) < 4.78 is 22.7. The molecule has 1 atom stereocenters. The van der Waals surface area contributed by atoms with Gasteiger partial charge in [0.2, 0.25) is 15.9 Å². The van der Waals surface area contributed by atoms with E-state index < -0.39 is 15.3 Å². The van der Waals surface area contributed by atoms with E-state index in [1.807, 2.05) is 6.07 Å². The zero-order chi connectivity index (χ0) is 15.0. The molecule has 6 heteroatoms. The van der Waals surface area contributed by atoms with E-state index in [9.17, 15) is 13.2 Å². The predicted molar refractivity (Wildman–Crippen MR) is 80.3 cm³/mol. The second kappa shape index (κ2) is 5.42. The first kappa shape index (κ1) is 14.5. The number of primary sulfonamides is 1. The molecule has 0 aromatic heterocycles. The number of hydrogen-bond acceptors (Lipinski definition) is 3. The van der Waals surface area contributed by atoms with Crippen molar-refractivity contribution in [2.24, 2.45) is 5.14 Å². The average Bonchev–Trinajstić information content (AvgIpc) is 3.06. The van der Waals surface area contributed by atoms with Crippen molar-refractivity contribution >= 4 is 15.9 Å². The number of nitrogens with zero attached hydrogens (tertiary/aromatic N) is 1. The van der Waals surface area contributed by atoms with Crippen LogP contribution in [0.15, 0.2) is 18.2 Å². The van der Waals surface area contributed by atoms with E-state index in [1.165, 1.54) is 17.5 Å². The molecule has 0 bridgehead atoms. The number of benzene rings is 1. The van der Waals surface area contributed by atoms with E-state index in [1.54, 1.807) is 4.90 Å². The number of carbonyl (C=O) groups is 1. The molecule has 1 aromatic carbocycles. The fourth-order valence-electron chi connectivity index (χ4n) is 3.24. The van der Waals surface area contributed by atoms with Crippen LogP contribution in [0.3, 0.4) is 0 Å². The summed E-state index contributed by atoms with van der Waals surface area (Å²) in [6.45, 7) is 0.702. The number of rotatable bonds is 3. The molecule has 21 heavy (non-hydrogen) atoms. The molecule has 1 amide bonds. The van der Waals surface area contributed by atoms with Crippen LogP contribution in [0.4, 0.5) is 0 Å². The van der Waals surface area contributed by atoms with Crippen molar-refractivity contribution in [3.8, 4) is 0 Å². The summed E-state index contributed by atoms with van der Waals surface area (Å²) in [5, 5.41) is 4.54. The number of aryl methyl sites for hydroxylation is 2. The summed E-state index contributed by atoms with van der Waals surface area (Å²) in [7, 11) is -3.54. The van der Waals surface area contributed by atoms with Gasteiger partial charge in [-0.05, 0) is 42.4 Å². The third-order valence-electron chi connectivity index (χ3n) is 4.48. The molecule has 1 heterocycles. The van der Waals surface area contributed by atoms with E-state index in [2.05, 4.69) is 12.1 Å². The van der Waals surface area contributed by atoms with Crippen molar-refractivity contribution in [1.82, 2.24) is 4.90 Å². The van der Waals surface area contributed by atoms with Crippen LogP contribution in [0.5, 0.6) is 0 Å². The molecular weight excluding hydrogens is 288 g/mol. The van der Waals surface area contributed by atoms with Gasteiger partial charge in [-0.1, -0.05) is 18.2 Å². The van der Waals surface area contributed by atoms with Gasteiger partial charge < -0.3 is 4.90 Å². The summed E-state index contributed by atoms with van der Waals surface area (Å²) in [4.78, 5) is 13.9. The topological polar surface area (TPSA) is 80.5 Å². The van der Waals surface area contributed by atoms with Gasteiger partial charge in [0.15, 0.2) is 0 Å². The maximum atomic E-state index is 12.3. The van der Waals surface area contributed by atoms with Gasteiger partial charge >= 0.3 is 0 Å². The normalized spacial score (nSPS) is 21.6. The van der Waals surface area contributed by atoms with Crippen LogP contribution in [0.1, 0.15) is 29.5 Å². The number of hydrogen-bond donors (Lipinski definition) is 1. The molecule has 0 saturated carbocycles. The Labute approximate surface area is 125 Å². The van der Waals surface area contributed by atoms with Crippen LogP contribution in [-0.4, -0.2) is 37.6 Å². The third-order valence-corrected chi connectivity index (χ3v) is 5.79.